The van der Waals surface area contributed by atoms with Crippen molar-refractivity contribution in [2.45, 2.75) is 11.8 Å². The van der Waals surface area contributed by atoms with E-state index in [4.69, 9.17) is 9.47 Å². The molecule has 1 aromatic rings. The molecular formula is C17H24N2O3S. The first-order valence-corrected chi connectivity index (χ1v) is 9.18. The number of methoxy groups -OCH3 is 1. The van der Waals surface area contributed by atoms with E-state index in [2.05, 4.69) is 17.0 Å². The van der Waals surface area contributed by atoms with E-state index < -0.39 is 0 Å². The molecule has 1 amide bonds. The summed E-state index contributed by atoms with van der Waals surface area (Å²) in [6.45, 7) is 5.52. The molecule has 1 aromatic carbocycles. The van der Waals surface area contributed by atoms with Crippen LogP contribution in [-0.4, -0.2) is 68.0 Å². The molecule has 0 bridgehead atoms. The van der Waals surface area contributed by atoms with Crippen molar-refractivity contribution >= 4 is 17.7 Å². The second-order valence-corrected chi connectivity index (χ2v) is 6.90. The standard InChI is InChI=1S/C17H24N2O3S/c1-21-15-5-3-14(4-6-15)17-19(16(20)13-23-17)8-2-7-18-9-11-22-12-10-18/h3-6,17H,2,7-13H2,1H3. The molecule has 1 atom stereocenters. The predicted molar refractivity (Wildman–Crippen MR) is 91.8 cm³/mol. The molecule has 0 N–H and O–H groups in total. The SMILES string of the molecule is COc1ccc(C2SCC(=O)N2CCCN2CCOCC2)cc1. The summed E-state index contributed by atoms with van der Waals surface area (Å²) in [6.07, 6.45) is 1.01. The molecule has 2 aliphatic heterocycles. The van der Waals surface area contributed by atoms with Gasteiger partial charge in [-0.1, -0.05) is 12.1 Å². The molecule has 2 aliphatic rings. The van der Waals surface area contributed by atoms with Crippen LogP contribution in [0.15, 0.2) is 24.3 Å². The van der Waals surface area contributed by atoms with Crippen molar-refractivity contribution in [3.63, 3.8) is 0 Å². The topological polar surface area (TPSA) is 42.0 Å². The van der Waals surface area contributed by atoms with Gasteiger partial charge in [0, 0.05) is 26.2 Å². The summed E-state index contributed by atoms with van der Waals surface area (Å²) >= 11 is 1.71. The lowest BCUT2D eigenvalue weighted by Crippen LogP contribution is -2.38. The lowest BCUT2D eigenvalue weighted by molar-refractivity contribution is -0.128. The minimum absolute atomic E-state index is 0.137. The van der Waals surface area contributed by atoms with E-state index in [1.165, 1.54) is 5.56 Å². The second kappa shape index (κ2) is 8.04. The Kier molecular flexibility index (Phi) is 5.80. The summed E-state index contributed by atoms with van der Waals surface area (Å²) in [5.74, 6) is 1.67. The van der Waals surface area contributed by atoms with E-state index in [0.717, 1.165) is 51.6 Å². The summed E-state index contributed by atoms with van der Waals surface area (Å²) in [7, 11) is 1.67. The molecule has 0 spiro atoms. The third-order valence-corrected chi connectivity index (χ3v) is 5.60. The largest absolute Gasteiger partial charge is 0.497 e. The molecule has 5 nitrogen and oxygen atoms in total. The van der Waals surface area contributed by atoms with Gasteiger partial charge in [0.05, 0.1) is 26.1 Å². The van der Waals surface area contributed by atoms with Gasteiger partial charge >= 0.3 is 0 Å². The van der Waals surface area contributed by atoms with Crippen LogP contribution in [0.2, 0.25) is 0 Å². The van der Waals surface area contributed by atoms with Crippen LogP contribution in [-0.2, 0) is 9.53 Å². The van der Waals surface area contributed by atoms with Crippen LogP contribution in [0.25, 0.3) is 0 Å². The molecule has 2 saturated heterocycles. The maximum absolute atomic E-state index is 12.2. The Morgan fingerprint density at radius 2 is 1.96 bits per heavy atom. The molecule has 2 heterocycles. The molecular weight excluding hydrogens is 312 g/mol. The molecule has 3 rings (SSSR count). The Morgan fingerprint density at radius 3 is 2.65 bits per heavy atom. The number of ether oxygens (including phenoxy) is 2. The van der Waals surface area contributed by atoms with Gasteiger partial charge in [0.15, 0.2) is 0 Å². The maximum Gasteiger partial charge on any atom is 0.233 e. The first-order valence-electron chi connectivity index (χ1n) is 8.13. The van der Waals surface area contributed by atoms with Crippen LogP contribution in [0.1, 0.15) is 17.4 Å². The van der Waals surface area contributed by atoms with Gasteiger partial charge in [-0.3, -0.25) is 9.69 Å². The second-order valence-electron chi connectivity index (χ2n) is 5.83. The van der Waals surface area contributed by atoms with Crippen molar-refractivity contribution in [2.75, 3.05) is 52.3 Å². The minimum Gasteiger partial charge on any atom is -0.497 e. The minimum atomic E-state index is 0.137. The van der Waals surface area contributed by atoms with Crippen LogP contribution in [0.5, 0.6) is 5.75 Å². The Hall–Kier alpha value is -1.24. The van der Waals surface area contributed by atoms with Crippen molar-refractivity contribution in [1.82, 2.24) is 9.80 Å². The maximum atomic E-state index is 12.2. The lowest BCUT2D eigenvalue weighted by Gasteiger charge is -2.29. The first kappa shape index (κ1) is 16.6. The third kappa shape index (κ3) is 4.19. The van der Waals surface area contributed by atoms with E-state index in [9.17, 15) is 4.79 Å². The van der Waals surface area contributed by atoms with Crippen LogP contribution >= 0.6 is 11.8 Å². The highest BCUT2D eigenvalue weighted by Gasteiger charge is 2.32. The van der Waals surface area contributed by atoms with Gasteiger partial charge in [-0.15, -0.1) is 11.8 Å². The fourth-order valence-corrected chi connectivity index (χ4v) is 4.25. The molecule has 126 valence electrons. The summed E-state index contributed by atoms with van der Waals surface area (Å²) in [5, 5.41) is 0.137. The molecule has 0 aliphatic carbocycles. The Balaban J connectivity index is 1.55. The number of carbonyl (C=O) groups excluding carboxylic acids is 1. The fraction of sp³-hybridized carbons (Fsp3) is 0.588. The lowest BCUT2D eigenvalue weighted by atomic mass is 10.2. The number of nitrogens with zero attached hydrogens (tertiary/aromatic N) is 2. The number of rotatable bonds is 6. The van der Waals surface area contributed by atoms with E-state index in [-0.39, 0.29) is 11.3 Å². The van der Waals surface area contributed by atoms with Gasteiger partial charge in [0.2, 0.25) is 5.91 Å². The third-order valence-electron chi connectivity index (χ3n) is 4.35. The van der Waals surface area contributed by atoms with Gasteiger partial charge < -0.3 is 14.4 Å². The molecule has 0 saturated carbocycles. The number of hydrogen-bond donors (Lipinski definition) is 0. The number of amides is 1. The van der Waals surface area contributed by atoms with Crippen molar-refractivity contribution in [3.05, 3.63) is 29.8 Å². The monoisotopic (exact) mass is 336 g/mol. The van der Waals surface area contributed by atoms with Gasteiger partial charge in [-0.05, 0) is 24.1 Å². The predicted octanol–water partition coefficient (Wildman–Crippen LogP) is 1.99. The number of thioether (sulfide) groups is 1. The highest BCUT2D eigenvalue weighted by atomic mass is 32.2. The smallest absolute Gasteiger partial charge is 0.233 e. The van der Waals surface area contributed by atoms with Crippen molar-refractivity contribution < 1.29 is 14.3 Å². The Labute approximate surface area is 141 Å². The van der Waals surface area contributed by atoms with Gasteiger partial charge in [-0.2, -0.15) is 0 Å². The number of benzene rings is 1. The van der Waals surface area contributed by atoms with Crippen LogP contribution < -0.4 is 4.74 Å². The first-order chi connectivity index (χ1) is 11.3. The van der Waals surface area contributed by atoms with Gasteiger partial charge in [0.25, 0.3) is 0 Å². The quantitative estimate of drug-likeness (QED) is 0.795. The van der Waals surface area contributed by atoms with Crippen molar-refractivity contribution in [2.24, 2.45) is 0 Å². The zero-order valence-electron chi connectivity index (χ0n) is 13.6. The highest BCUT2D eigenvalue weighted by Crippen LogP contribution is 2.39. The van der Waals surface area contributed by atoms with E-state index in [1.54, 1.807) is 18.9 Å². The number of morpholine rings is 1. The number of hydrogen-bond acceptors (Lipinski definition) is 5. The zero-order valence-corrected chi connectivity index (χ0v) is 14.4. The van der Waals surface area contributed by atoms with Crippen LogP contribution in [0, 0.1) is 0 Å². The van der Waals surface area contributed by atoms with E-state index in [1.807, 2.05) is 17.0 Å². The Bertz CT molecular complexity index is 517. The van der Waals surface area contributed by atoms with E-state index in [0.29, 0.717) is 5.75 Å². The zero-order chi connectivity index (χ0) is 16.1. The van der Waals surface area contributed by atoms with Crippen LogP contribution in [0.4, 0.5) is 0 Å². The van der Waals surface area contributed by atoms with Crippen LogP contribution in [0.3, 0.4) is 0 Å². The Morgan fingerprint density at radius 1 is 1.22 bits per heavy atom. The van der Waals surface area contributed by atoms with Crippen molar-refractivity contribution in [1.29, 1.82) is 0 Å². The molecule has 0 aromatic heterocycles. The van der Waals surface area contributed by atoms with Gasteiger partial charge in [0.1, 0.15) is 11.1 Å². The molecule has 23 heavy (non-hydrogen) atoms. The average molecular weight is 336 g/mol. The normalized spacial score (nSPS) is 22.6. The molecule has 0 radical (unpaired) electrons. The van der Waals surface area contributed by atoms with Gasteiger partial charge in [-0.25, -0.2) is 0 Å². The highest BCUT2D eigenvalue weighted by molar-refractivity contribution is 8.00. The fourth-order valence-electron chi connectivity index (χ4n) is 3.03. The molecule has 1 unspecified atom stereocenters. The molecule has 2 fully saturated rings. The summed E-state index contributed by atoms with van der Waals surface area (Å²) < 4.78 is 10.6. The summed E-state index contributed by atoms with van der Waals surface area (Å²) in [6, 6.07) is 8.04. The van der Waals surface area contributed by atoms with E-state index >= 15 is 0 Å². The summed E-state index contributed by atoms with van der Waals surface area (Å²) in [4.78, 5) is 16.6. The molecule has 6 heteroatoms. The summed E-state index contributed by atoms with van der Waals surface area (Å²) in [5.41, 5.74) is 1.17. The average Bonchev–Trinajstić information content (AvgIpc) is 2.97. The number of carbonyl (C=O) groups is 1. The van der Waals surface area contributed by atoms with Crippen molar-refractivity contribution in [3.8, 4) is 5.75 Å².